The third-order valence-corrected chi connectivity index (χ3v) is 5.26. The fraction of sp³-hybridized carbons (Fsp3) is 0.200. The van der Waals surface area contributed by atoms with Crippen molar-refractivity contribution in [1.29, 1.82) is 0 Å². The largest absolute Gasteiger partial charge is 0.497 e. The van der Waals surface area contributed by atoms with Crippen LogP contribution in [0.1, 0.15) is 33.2 Å². The van der Waals surface area contributed by atoms with Gasteiger partial charge in [-0.3, -0.25) is 4.79 Å². The normalized spacial score (nSPS) is 10.7. The molecule has 4 aromatic rings. The number of rotatable bonds is 7. The third kappa shape index (κ3) is 4.27. The van der Waals surface area contributed by atoms with Crippen molar-refractivity contribution in [3.63, 3.8) is 0 Å². The zero-order chi connectivity index (χ0) is 24.2. The first-order valence-corrected chi connectivity index (χ1v) is 10.6. The minimum Gasteiger partial charge on any atom is -0.497 e. The van der Waals surface area contributed by atoms with E-state index in [1.165, 1.54) is 18.0 Å². The predicted molar refractivity (Wildman–Crippen MR) is 127 cm³/mol. The van der Waals surface area contributed by atoms with Gasteiger partial charge in [-0.05, 0) is 49.7 Å². The number of pyridine rings is 1. The fourth-order valence-corrected chi connectivity index (χ4v) is 3.59. The SMILES string of the molecule is CCOC(=O)c1cnn(-c2cc(C)c3cccc(OC)c3n2)c1NC(=O)c1cccc(OC)c1. The highest BCUT2D eigenvalue weighted by Crippen LogP contribution is 2.29. The lowest BCUT2D eigenvalue weighted by Gasteiger charge is -2.13. The number of methoxy groups -OCH3 is 2. The number of aromatic nitrogens is 3. The van der Waals surface area contributed by atoms with Gasteiger partial charge in [0.15, 0.2) is 11.6 Å². The first-order valence-electron chi connectivity index (χ1n) is 10.6. The minimum atomic E-state index is -0.607. The quantitative estimate of drug-likeness (QED) is 0.413. The Kier molecular flexibility index (Phi) is 6.44. The smallest absolute Gasteiger partial charge is 0.343 e. The van der Waals surface area contributed by atoms with Crippen LogP contribution in [0.25, 0.3) is 16.7 Å². The van der Waals surface area contributed by atoms with Gasteiger partial charge in [-0.25, -0.2) is 9.78 Å². The number of nitrogens with zero attached hydrogens (tertiary/aromatic N) is 3. The topological polar surface area (TPSA) is 105 Å². The molecule has 0 atom stereocenters. The minimum absolute atomic E-state index is 0.109. The molecule has 174 valence electrons. The molecule has 9 nitrogen and oxygen atoms in total. The summed E-state index contributed by atoms with van der Waals surface area (Å²) < 4.78 is 17.3. The van der Waals surface area contributed by atoms with E-state index in [9.17, 15) is 9.59 Å². The van der Waals surface area contributed by atoms with Gasteiger partial charge in [0.05, 0.1) is 27.0 Å². The second-order valence-corrected chi connectivity index (χ2v) is 7.38. The molecule has 34 heavy (non-hydrogen) atoms. The molecule has 2 aromatic heterocycles. The second kappa shape index (κ2) is 9.62. The van der Waals surface area contributed by atoms with Crippen molar-refractivity contribution < 1.29 is 23.8 Å². The summed E-state index contributed by atoms with van der Waals surface area (Å²) >= 11 is 0. The van der Waals surface area contributed by atoms with Crippen LogP contribution in [0.4, 0.5) is 5.82 Å². The van der Waals surface area contributed by atoms with E-state index < -0.39 is 11.9 Å². The molecule has 1 N–H and O–H groups in total. The Morgan fingerprint density at radius 2 is 1.85 bits per heavy atom. The molecule has 0 fully saturated rings. The molecular formula is C25H24N4O5. The number of fused-ring (bicyclic) bond motifs is 1. The van der Waals surface area contributed by atoms with Crippen molar-refractivity contribution in [2.24, 2.45) is 0 Å². The van der Waals surface area contributed by atoms with Crippen LogP contribution in [0.2, 0.25) is 0 Å². The molecule has 0 spiro atoms. The molecule has 0 unspecified atom stereocenters. The van der Waals surface area contributed by atoms with Crippen molar-refractivity contribution in [3.05, 3.63) is 71.4 Å². The monoisotopic (exact) mass is 460 g/mol. The van der Waals surface area contributed by atoms with Gasteiger partial charge >= 0.3 is 5.97 Å². The van der Waals surface area contributed by atoms with Gasteiger partial charge in [-0.1, -0.05) is 18.2 Å². The van der Waals surface area contributed by atoms with E-state index in [-0.39, 0.29) is 18.0 Å². The van der Waals surface area contributed by atoms with E-state index in [1.54, 1.807) is 38.3 Å². The summed E-state index contributed by atoms with van der Waals surface area (Å²) in [6.45, 7) is 3.83. The van der Waals surface area contributed by atoms with Gasteiger partial charge in [0.25, 0.3) is 5.91 Å². The molecule has 0 bridgehead atoms. The Bertz CT molecular complexity index is 1380. The summed E-state index contributed by atoms with van der Waals surface area (Å²) in [5, 5.41) is 8.06. The molecule has 0 saturated carbocycles. The molecule has 2 aromatic carbocycles. The average molecular weight is 460 g/mol. The van der Waals surface area contributed by atoms with Crippen molar-refractivity contribution in [2.45, 2.75) is 13.8 Å². The number of benzene rings is 2. The lowest BCUT2D eigenvalue weighted by molar-refractivity contribution is 0.0527. The first-order chi connectivity index (χ1) is 16.5. The summed E-state index contributed by atoms with van der Waals surface area (Å²) in [6.07, 6.45) is 1.35. The van der Waals surface area contributed by atoms with Gasteiger partial charge < -0.3 is 19.5 Å². The highest BCUT2D eigenvalue weighted by molar-refractivity contribution is 6.07. The van der Waals surface area contributed by atoms with E-state index in [1.807, 2.05) is 31.2 Å². The summed E-state index contributed by atoms with van der Waals surface area (Å²) in [5.41, 5.74) is 2.03. The van der Waals surface area contributed by atoms with Crippen LogP contribution in [0.15, 0.2) is 54.7 Å². The molecule has 0 aliphatic rings. The van der Waals surface area contributed by atoms with E-state index in [0.29, 0.717) is 28.4 Å². The zero-order valence-corrected chi connectivity index (χ0v) is 19.3. The average Bonchev–Trinajstić information content (AvgIpc) is 3.27. The number of para-hydroxylation sites is 1. The number of aryl methyl sites for hydroxylation is 1. The molecule has 2 heterocycles. The van der Waals surface area contributed by atoms with Crippen molar-refractivity contribution in [2.75, 3.05) is 26.1 Å². The Morgan fingerprint density at radius 3 is 2.59 bits per heavy atom. The third-order valence-electron chi connectivity index (χ3n) is 5.26. The van der Waals surface area contributed by atoms with Crippen LogP contribution in [0, 0.1) is 6.92 Å². The number of carbonyl (C=O) groups excluding carboxylic acids is 2. The molecule has 4 rings (SSSR count). The summed E-state index contributed by atoms with van der Waals surface area (Å²) in [4.78, 5) is 30.4. The maximum absolute atomic E-state index is 13.1. The lowest BCUT2D eigenvalue weighted by Crippen LogP contribution is -2.18. The van der Waals surface area contributed by atoms with Gasteiger partial charge in [-0.2, -0.15) is 9.78 Å². The summed E-state index contributed by atoms with van der Waals surface area (Å²) in [6, 6.07) is 14.2. The Balaban J connectivity index is 1.84. The maximum atomic E-state index is 13.1. The predicted octanol–water partition coefficient (Wildman–Crippen LogP) is 4.18. The first kappa shape index (κ1) is 22.8. The molecule has 0 aliphatic carbocycles. The molecule has 0 radical (unpaired) electrons. The van der Waals surface area contributed by atoms with Crippen LogP contribution < -0.4 is 14.8 Å². The molecular weight excluding hydrogens is 436 g/mol. The number of hydrogen-bond acceptors (Lipinski definition) is 7. The van der Waals surface area contributed by atoms with Crippen molar-refractivity contribution >= 4 is 28.6 Å². The van der Waals surface area contributed by atoms with Crippen molar-refractivity contribution in [3.8, 4) is 17.3 Å². The van der Waals surface area contributed by atoms with E-state index >= 15 is 0 Å². The van der Waals surface area contributed by atoms with Gasteiger partial charge in [0.1, 0.15) is 22.6 Å². The standard InChI is InChI=1S/C25H24N4O5/c1-5-34-25(31)19-14-26-29(23(19)28-24(30)16-8-6-9-17(13-16)32-3)21-12-15(2)18-10-7-11-20(33-4)22(18)27-21/h6-14H,5H2,1-4H3,(H,28,30). The molecule has 0 saturated heterocycles. The van der Waals surface area contributed by atoms with Crippen LogP contribution in [0.3, 0.4) is 0 Å². The van der Waals surface area contributed by atoms with Gasteiger partial charge in [0, 0.05) is 10.9 Å². The number of hydrogen-bond donors (Lipinski definition) is 1. The van der Waals surface area contributed by atoms with Gasteiger partial charge in [-0.15, -0.1) is 0 Å². The highest BCUT2D eigenvalue weighted by atomic mass is 16.5. The number of amides is 1. The molecule has 0 aliphatic heterocycles. The van der Waals surface area contributed by atoms with Crippen LogP contribution in [0.5, 0.6) is 11.5 Å². The van der Waals surface area contributed by atoms with Crippen LogP contribution in [-0.4, -0.2) is 47.5 Å². The van der Waals surface area contributed by atoms with E-state index in [0.717, 1.165) is 10.9 Å². The second-order valence-electron chi connectivity index (χ2n) is 7.38. The molecule has 9 heteroatoms. The summed E-state index contributed by atoms with van der Waals surface area (Å²) in [7, 11) is 3.10. The Labute approximate surface area is 196 Å². The highest BCUT2D eigenvalue weighted by Gasteiger charge is 2.23. The number of nitrogens with one attached hydrogen (secondary N) is 1. The fourth-order valence-electron chi connectivity index (χ4n) is 3.59. The van der Waals surface area contributed by atoms with Gasteiger partial charge in [0.2, 0.25) is 0 Å². The maximum Gasteiger partial charge on any atom is 0.343 e. The Morgan fingerprint density at radius 1 is 1.06 bits per heavy atom. The number of carbonyl (C=O) groups is 2. The summed E-state index contributed by atoms with van der Waals surface area (Å²) in [5.74, 6) is 0.636. The number of ether oxygens (including phenoxy) is 3. The van der Waals surface area contributed by atoms with Crippen molar-refractivity contribution in [1.82, 2.24) is 14.8 Å². The number of esters is 1. The van der Waals surface area contributed by atoms with Crippen LogP contribution >= 0.6 is 0 Å². The van der Waals surface area contributed by atoms with E-state index in [4.69, 9.17) is 19.2 Å². The molecule has 1 amide bonds. The lowest BCUT2D eigenvalue weighted by atomic mass is 10.1. The van der Waals surface area contributed by atoms with E-state index in [2.05, 4.69) is 10.4 Å². The Hall–Kier alpha value is -4.40. The zero-order valence-electron chi connectivity index (χ0n) is 19.3. The van der Waals surface area contributed by atoms with Crippen LogP contribution in [-0.2, 0) is 4.74 Å². The number of anilines is 1.